The molecule has 0 aliphatic carbocycles. The van der Waals surface area contributed by atoms with Gasteiger partial charge in [-0.2, -0.15) is 0 Å². The van der Waals surface area contributed by atoms with Gasteiger partial charge in [0.05, 0.1) is 17.1 Å². The number of imide groups is 2. The summed E-state index contributed by atoms with van der Waals surface area (Å²) in [5.74, 6) is -0.0833. The summed E-state index contributed by atoms with van der Waals surface area (Å²) < 4.78 is 5.05. The Labute approximate surface area is 801 Å². The molecule has 0 fully saturated rings. The molecule has 11 nitrogen and oxygen atoms in total. The van der Waals surface area contributed by atoms with Crippen molar-refractivity contribution in [1.29, 1.82) is 0 Å². The normalized spacial score (nSPS) is 13.1. The fourth-order valence-corrected chi connectivity index (χ4v) is 24.6. The second-order valence-corrected chi connectivity index (χ2v) is 41.3. The molecule has 21 aromatic carbocycles. The zero-order valence-electron chi connectivity index (χ0n) is 76.7. The number of nitrogens with zero attached hydrogens (tertiary/aromatic N) is 3. The highest BCUT2D eigenvalue weighted by Crippen LogP contribution is 2.54. The molecule has 660 valence electrons. The van der Waals surface area contributed by atoms with E-state index >= 15 is 0 Å². The first kappa shape index (κ1) is 86.4. The smallest absolute Gasteiger partial charge is 0.266 e. The second kappa shape index (κ2) is 32.9. The van der Waals surface area contributed by atoms with E-state index in [4.69, 9.17) is 11.5 Å². The lowest BCUT2D eigenvalue weighted by Gasteiger charge is -2.32. The average molecular weight is 1880 g/mol. The predicted octanol–water partition coefficient (Wildman–Crippen LogP) is 32.1. The number of carbonyl (C=O) groups is 4. The number of aromatic nitrogens is 1. The maximum atomic E-state index is 14.5. The number of anilines is 4. The van der Waals surface area contributed by atoms with Gasteiger partial charge in [0.25, 0.3) is 34.7 Å². The summed E-state index contributed by atoms with van der Waals surface area (Å²) in [5, 5.41) is 29.4. The zero-order valence-corrected chi connectivity index (χ0v) is 80.8. The molecule has 0 spiro atoms. The standard InChI is InChI=1S/C40H32N2O2S.C40H29NO2S.C34H26BrNO2.C6H7NS/c1-21(2)23-9-7-10-24(22(3)4)38(23)42-39(43)30-17-15-27-25-11-8-12-29-33(45-34-14-6-5-13-32(34)41)20-19-26(35(25)29)28-16-18-31(40(42)44)37(30)36(27)28;1-20(2)22-9-7-10-23(21(3)4)38(22)41-39(42)30-16-14-26-28-13-12-25-24-8-5-6-11-32(24)44-33-19-18-29(35(28)37(25)33)27-15-17-31(40(41)43)36(30)34(26)27;1-17(2)19-7-5-8-20(18(3)4)32(19)36-33(37)26-13-11-23-21-9-6-10-25-28(35)16-15-22(29(21)25)24-12-14-27(34(36)38)31(26)30(23)24;7-5-3-1-2-4-6(5)8/h5-22H,41H2,1-4H3;5-21H,1-4H3;5-18H,1-4H3;1-4,8H,7H2. The van der Waals surface area contributed by atoms with Crippen LogP contribution in [0.4, 0.5) is 22.7 Å². The monoisotopic (exact) mass is 1880 g/mol. The number of fused-ring (bicyclic) bond motifs is 8. The highest BCUT2D eigenvalue weighted by Gasteiger charge is 2.41. The van der Waals surface area contributed by atoms with Crippen molar-refractivity contribution in [3.05, 3.63) is 366 Å². The van der Waals surface area contributed by atoms with E-state index < -0.39 is 0 Å². The van der Waals surface area contributed by atoms with Crippen molar-refractivity contribution in [2.75, 3.05) is 21.3 Å². The molecule has 0 bridgehead atoms. The first-order valence-corrected chi connectivity index (χ1v) is 49.1. The first-order chi connectivity index (χ1) is 65.2. The average Bonchev–Trinajstić information content (AvgIpc) is 0.753. The van der Waals surface area contributed by atoms with Gasteiger partial charge in [0.1, 0.15) is 0 Å². The fraction of sp³-hybridized carbons (Fsp3) is 0.150. The molecule has 23 aromatic rings. The molecule has 2 aliphatic rings. The van der Waals surface area contributed by atoms with Crippen LogP contribution in [0.15, 0.2) is 314 Å². The fourth-order valence-electron chi connectivity index (χ4n) is 21.9. The van der Waals surface area contributed by atoms with Crippen LogP contribution in [0, 0.1) is 0 Å². The number of nitrogens with two attached hydrogens (primary N) is 2. The van der Waals surface area contributed by atoms with E-state index in [0.29, 0.717) is 33.0 Å². The third kappa shape index (κ3) is 13.2. The number of rotatable bonds is 11. The van der Waals surface area contributed by atoms with E-state index in [1.54, 1.807) is 11.8 Å². The lowest BCUT2D eigenvalue weighted by atomic mass is 9.84. The number of thiol groups is 1. The van der Waals surface area contributed by atoms with Crippen molar-refractivity contribution in [2.45, 2.75) is 133 Å². The highest BCUT2D eigenvalue weighted by molar-refractivity contribution is 9.10. The molecule has 0 saturated carbocycles. The summed E-state index contributed by atoms with van der Waals surface area (Å²) in [4.78, 5) is 92.3. The van der Waals surface area contributed by atoms with E-state index in [1.165, 1.54) is 56.1 Å². The minimum atomic E-state index is -0.262. The molecule has 2 aromatic heterocycles. The Balaban J connectivity index is 0.000000113. The van der Waals surface area contributed by atoms with E-state index in [2.05, 4.69) is 257 Å². The van der Waals surface area contributed by atoms with Crippen LogP contribution >= 0.6 is 51.7 Å². The van der Waals surface area contributed by atoms with Crippen LogP contribution in [0.1, 0.15) is 193 Å². The Hall–Kier alpha value is -14.1. The maximum absolute atomic E-state index is 14.5. The lowest BCUT2D eigenvalue weighted by molar-refractivity contribution is 0.0877. The summed E-state index contributed by atoms with van der Waals surface area (Å²) in [5.41, 5.74) is 23.3. The Bertz CT molecular complexity index is 8840. The topological polar surface area (TPSA) is 166 Å². The molecule has 25 rings (SSSR count). The Morgan fingerprint density at radius 2 is 0.563 bits per heavy atom. The van der Waals surface area contributed by atoms with Crippen molar-refractivity contribution in [3.8, 4) is 5.69 Å². The molecular formula is C120H94BrN5O6S3. The summed E-state index contributed by atoms with van der Waals surface area (Å²) in [6.07, 6.45) is 0. The van der Waals surface area contributed by atoms with E-state index in [0.717, 1.165) is 189 Å². The number of amides is 4. The van der Waals surface area contributed by atoms with Crippen molar-refractivity contribution < 1.29 is 19.2 Å². The Morgan fingerprint density at radius 1 is 0.259 bits per heavy atom. The summed E-state index contributed by atoms with van der Waals surface area (Å²) in [6.45, 7) is 25.3. The number of nitrogen functional groups attached to an aromatic ring is 2. The number of benzene rings is 21. The van der Waals surface area contributed by atoms with Crippen molar-refractivity contribution in [2.24, 2.45) is 0 Å². The zero-order chi connectivity index (χ0) is 93.6. The maximum Gasteiger partial charge on any atom is 0.266 e. The van der Waals surface area contributed by atoms with Gasteiger partial charge in [0.15, 0.2) is 0 Å². The summed E-state index contributed by atoms with van der Waals surface area (Å²) in [6, 6.07) is 96.7. The van der Waals surface area contributed by atoms with Crippen LogP contribution in [0.3, 0.4) is 0 Å². The van der Waals surface area contributed by atoms with Crippen LogP contribution in [-0.2, 0) is 0 Å². The molecule has 4 heterocycles. The van der Waals surface area contributed by atoms with Crippen LogP contribution in [0.5, 0.6) is 0 Å². The molecule has 0 saturated heterocycles. The number of halogens is 1. The molecule has 4 N–H and O–H groups in total. The van der Waals surface area contributed by atoms with Crippen molar-refractivity contribution in [3.63, 3.8) is 0 Å². The van der Waals surface area contributed by atoms with Crippen LogP contribution in [0.25, 0.3) is 166 Å². The highest BCUT2D eigenvalue weighted by atomic mass is 79.9. The van der Waals surface area contributed by atoms with Gasteiger partial charge in [-0.25, -0.2) is 14.4 Å². The van der Waals surface area contributed by atoms with Gasteiger partial charge in [-0.3, -0.25) is 28.8 Å². The van der Waals surface area contributed by atoms with Gasteiger partial charge < -0.3 is 11.5 Å². The summed E-state index contributed by atoms with van der Waals surface area (Å²) in [7, 11) is 0. The molecular weight excluding hydrogens is 1780 g/mol. The van der Waals surface area contributed by atoms with Gasteiger partial charge in [0.2, 0.25) is 0 Å². The van der Waals surface area contributed by atoms with Gasteiger partial charge in [-0.05, 0) is 272 Å². The van der Waals surface area contributed by atoms with E-state index in [1.807, 2.05) is 151 Å². The van der Waals surface area contributed by atoms with E-state index in [9.17, 15) is 28.8 Å². The number of carbonyl (C=O) groups excluding carboxylic acids is 4. The third-order valence-electron chi connectivity index (χ3n) is 28.1. The number of hydrogen-bond acceptors (Lipinski definition) is 11. The van der Waals surface area contributed by atoms with E-state index in [-0.39, 0.29) is 70.3 Å². The van der Waals surface area contributed by atoms with Gasteiger partial charge in [0, 0.05) is 94.5 Å². The molecule has 0 unspecified atom stereocenters. The van der Waals surface area contributed by atoms with Gasteiger partial charge >= 0.3 is 0 Å². The van der Waals surface area contributed by atoms with Crippen LogP contribution in [0.2, 0.25) is 0 Å². The lowest BCUT2D eigenvalue weighted by Crippen LogP contribution is -2.41. The van der Waals surface area contributed by atoms with Crippen LogP contribution < -0.4 is 32.4 Å². The molecule has 135 heavy (non-hydrogen) atoms. The number of para-hydroxylation sites is 5. The second-order valence-electron chi connectivity index (χ2n) is 37.8. The first-order valence-electron chi connectivity index (χ1n) is 46.3. The largest absolute Gasteiger partial charge is 0.398 e. The molecule has 15 heteroatoms. The Morgan fingerprint density at radius 3 is 0.993 bits per heavy atom. The number of pyridine rings is 1. The summed E-state index contributed by atoms with van der Waals surface area (Å²) >= 11 is 11.3. The quantitative estimate of drug-likeness (QED) is 0.0376. The molecule has 0 atom stereocenters. The van der Waals surface area contributed by atoms with Crippen molar-refractivity contribution in [1.82, 2.24) is 4.57 Å². The van der Waals surface area contributed by atoms with Crippen molar-refractivity contribution >= 4 is 258 Å². The SMILES string of the molecule is CC(C)c1cccc(C(C)C)c1-n1c(=O)c2ccc3c4ccc5sc6ccccc6c6ccc(c7ccc(c1=O)c2c37)c4c56.CC(C)c1cccc(C(C)C)c1N1C(=O)c2ccc3c4cccc5c(Br)ccc(c6ccc(c2c36)C1=O)c54.CC(C)c1cccc(C(C)C)c1N1C(=O)c2ccc3c4cccc5c(Sc6ccccc6N)ccc(c6ccc(c2c36)C1=O)c54.Nc1ccccc1S. The van der Waals surface area contributed by atoms with Gasteiger partial charge in [-0.15, -0.1) is 24.0 Å². The molecule has 0 radical (unpaired) electrons. The molecule has 4 amide bonds. The minimum Gasteiger partial charge on any atom is -0.398 e. The minimum absolute atomic E-state index is 0.148. The Kier molecular flexibility index (Phi) is 21.1. The third-order valence-corrected chi connectivity index (χ3v) is 31.5. The predicted molar refractivity (Wildman–Crippen MR) is 577 cm³/mol. The van der Waals surface area contributed by atoms with Gasteiger partial charge in [-0.1, -0.05) is 311 Å². The van der Waals surface area contributed by atoms with Crippen LogP contribution in [-0.4, -0.2) is 28.2 Å². The molecule has 2 aliphatic heterocycles. The number of hydrogen-bond donors (Lipinski definition) is 3.